The van der Waals surface area contributed by atoms with Gasteiger partial charge in [-0.15, -0.1) is 0 Å². The van der Waals surface area contributed by atoms with Crippen molar-refractivity contribution in [1.82, 2.24) is 0 Å². The Hall–Kier alpha value is -1.28. The zero-order valence-electron chi connectivity index (χ0n) is 12.1. The first-order chi connectivity index (χ1) is 9.15. The van der Waals surface area contributed by atoms with Gasteiger partial charge in [0.1, 0.15) is 17.4 Å². The Balaban J connectivity index is 2.22. The van der Waals surface area contributed by atoms with Gasteiger partial charge in [0.05, 0.1) is 0 Å². The molecule has 1 heterocycles. The minimum absolute atomic E-state index is 0.293. The van der Waals surface area contributed by atoms with Crippen LogP contribution >= 0.6 is 0 Å². The van der Waals surface area contributed by atoms with Gasteiger partial charge in [0.25, 0.3) is 0 Å². The molecule has 19 heavy (non-hydrogen) atoms. The van der Waals surface area contributed by atoms with Crippen LogP contribution < -0.4 is 0 Å². The van der Waals surface area contributed by atoms with Crippen LogP contribution in [0.25, 0.3) is 11.0 Å². The molecule has 0 aliphatic carbocycles. The van der Waals surface area contributed by atoms with Gasteiger partial charge in [-0.05, 0) is 37.5 Å². The number of hydrogen-bond acceptors (Lipinski definition) is 2. The molecule has 2 atom stereocenters. The summed E-state index contributed by atoms with van der Waals surface area (Å²) in [7, 11) is 0. The van der Waals surface area contributed by atoms with Crippen LogP contribution in [0.3, 0.4) is 0 Å². The number of benzene rings is 1. The quantitative estimate of drug-likeness (QED) is 0.793. The van der Waals surface area contributed by atoms with E-state index in [1.807, 2.05) is 18.2 Å². The number of aryl methyl sites for hydroxylation is 1. The summed E-state index contributed by atoms with van der Waals surface area (Å²) in [5, 5.41) is 11.6. The Bertz CT molecular complexity index is 527. The van der Waals surface area contributed by atoms with Gasteiger partial charge in [-0.2, -0.15) is 0 Å². The second-order valence-electron chi connectivity index (χ2n) is 5.45. The van der Waals surface area contributed by atoms with Crippen LogP contribution in [0.2, 0.25) is 0 Å². The fourth-order valence-electron chi connectivity index (χ4n) is 2.61. The summed E-state index contributed by atoms with van der Waals surface area (Å²) in [6, 6.07) is 8.11. The van der Waals surface area contributed by atoms with E-state index in [1.54, 1.807) is 0 Å². The summed E-state index contributed by atoms with van der Waals surface area (Å²) in [5.41, 5.74) is 2.08. The van der Waals surface area contributed by atoms with Crippen LogP contribution in [-0.4, -0.2) is 5.11 Å². The molecule has 0 bridgehead atoms. The summed E-state index contributed by atoms with van der Waals surface area (Å²) >= 11 is 0. The zero-order chi connectivity index (χ0) is 13.8. The molecule has 2 nitrogen and oxygen atoms in total. The second kappa shape index (κ2) is 6.25. The molecular weight excluding hydrogens is 236 g/mol. The van der Waals surface area contributed by atoms with Gasteiger partial charge >= 0.3 is 0 Å². The Morgan fingerprint density at radius 2 is 2.00 bits per heavy atom. The lowest BCUT2D eigenvalue weighted by Gasteiger charge is -2.19. The predicted octanol–water partition coefficient (Wildman–Crippen LogP) is 4.99. The molecule has 2 unspecified atom stereocenters. The average molecular weight is 260 g/mol. The van der Waals surface area contributed by atoms with E-state index in [9.17, 15) is 5.11 Å². The van der Waals surface area contributed by atoms with Crippen LogP contribution in [0.4, 0.5) is 0 Å². The van der Waals surface area contributed by atoms with Crippen molar-refractivity contribution in [1.29, 1.82) is 0 Å². The second-order valence-corrected chi connectivity index (χ2v) is 5.45. The average Bonchev–Trinajstić information content (AvgIpc) is 2.82. The van der Waals surface area contributed by atoms with Crippen molar-refractivity contribution in [3.8, 4) is 0 Å². The molecule has 0 saturated heterocycles. The fraction of sp³-hybridized carbons (Fsp3) is 0.529. The molecule has 0 fully saturated rings. The fourth-order valence-corrected chi connectivity index (χ4v) is 2.61. The van der Waals surface area contributed by atoms with Gasteiger partial charge < -0.3 is 9.52 Å². The van der Waals surface area contributed by atoms with Gasteiger partial charge in [0.2, 0.25) is 0 Å². The van der Waals surface area contributed by atoms with E-state index in [1.165, 1.54) is 12.0 Å². The molecule has 0 spiro atoms. The third-order valence-corrected chi connectivity index (χ3v) is 3.88. The highest BCUT2D eigenvalue weighted by Crippen LogP contribution is 2.32. The topological polar surface area (TPSA) is 33.4 Å². The number of aliphatic hydroxyl groups is 1. The molecule has 0 aliphatic rings. The van der Waals surface area contributed by atoms with E-state index in [0.717, 1.165) is 30.2 Å². The number of aliphatic hydroxyl groups excluding tert-OH is 1. The van der Waals surface area contributed by atoms with Gasteiger partial charge in [0, 0.05) is 5.39 Å². The monoisotopic (exact) mass is 260 g/mol. The number of fused-ring (bicyclic) bond motifs is 1. The molecule has 1 aromatic heterocycles. The number of rotatable bonds is 6. The summed E-state index contributed by atoms with van der Waals surface area (Å²) in [6.07, 6.45) is 3.89. The molecule has 0 radical (unpaired) electrons. The van der Waals surface area contributed by atoms with Crippen molar-refractivity contribution in [2.75, 3.05) is 0 Å². The molecule has 0 saturated carbocycles. The van der Waals surface area contributed by atoms with E-state index >= 15 is 0 Å². The number of unbranched alkanes of at least 4 members (excludes halogenated alkanes) is 1. The minimum Gasteiger partial charge on any atom is -0.458 e. The highest BCUT2D eigenvalue weighted by atomic mass is 16.4. The van der Waals surface area contributed by atoms with Gasteiger partial charge in [-0.3, -0.25) is 0 Å². The van der Waals surface area contributed by atoms with Gasteiger partial charge in [-0.1, -0.05) is 44.7 Å². The van der Waals surface area contributed by atoms with Crippen LogP contribution in [0, 0.1) is 12.8 Å². The van der Waals surface area contributed by atoms with Crippen molar-refractivity contribution < 1.29 is 9.52 Å². The number of hydrogen-bond donors (Lipinski definition) is 1. The predicted molar refractivity (Wildman–Crippen MR) is 79.2 cm³/mol. The minimum atomic E-state index is -0.482. The molecule has 0 amide bonds. The molecule has 2 rings (SSSR count). The molecule has 1 N–H and O–H groups in total. The lowest BCUT2D eigenvalue weighted by atomic mass is 9.92. The van der Waals surface area contributed by atoms with Crippen LogP contribution in [-0.2, 0) is 0 Å². The van der Waals surface area contributed by atoms with E-state index < -0.39 is 6.10 Å². The third kappa shape index (κ3) is 3.19. The summed E-state index contributed by atoms with van der Waals surface area (Å²) in [4.78, 5) is 0. The van der Waals surface area contributed by atoms with E-state index in [4.69, 9.17) is 4.42 Å². The molecule has 2 heteroatoms. The first-order valence-corrected chi connectivity index (χ1v) is 7.33. The highest BCUT2D eigenvalue weighted by molar-refractivity contribution is 5.78. The van der Waals surface area contributed by atoms with Gasteiger partial charge in [-0.25, -0.2) is 0 Å². The van der Waals surface area contributed by atoms with Crippen LogP contribution in [0.5, 0.6) is 0 Å². The molecule has 1 aromatic carbocycles. The van der Waals surface area contributed by atoms with Crippen molar-refractivity contribution in [2.24, 2.45) is 5.92 Å². The van der Waals surface area contributed by atoms with Crippen molar-refractivity contribution in [3.63, 3.8) is 0 Å². The molecule has 0 aliphatic heterocycles. The first-order valence-electron chi connectivity index (χ1n) is 7.33. The largest absolute Gasteiger partial charge is 0.458 e. The van der Waals surface area contributed by atoms with E-state index in [-0.39, 0.29) is 0 Å². The zero-order valence-corrected chi connectivity index (χ0v) is 12.1. The third-order valence-electron chi connectivity index (χ3n) is 3.88. The normalized spacial score (nSPS) is 14.7. The van der Waals surface area contributed by atoms with Crippen LogP contribution in [0.1, 0.15) is 57.0 Å². The Morgan fingerprint density at radius 1 is 1.21 bits per heavy atom. The smallest absolute Gasteiger partial charge is 0.134 e. The molecular formula is C17H24O2. The van der Waals surface area contributed by atoms with Crippen molar-refractivity contribution in [2.45, 2.75) is 52.6 Å². The lowest BCUT2D eigenvalue weighted by Crippen LogP contribution is -2.11. The van der Waals surface area contributed by atoms with Crippen LogP contribution in [0.15, 0.2) is 28.7 Å². The standard InChI is InChI=1S/C17H24O2/c1-4-6-7-13(5-2)17(18)16-11-14-10-12(3)8-9-15(14)19-16/h8-11,13,17-18H,4-7H2,1-3H3. The van der Waals surface area contributed by atoms with Crippen molar-refractivity contribution in [3.05, 3.63) is 35.6 Å². The summed E-state index contributed by atoms with van der Waals surface area (Å²) < 4.78 is 5.80. The first kappa shape index (κ1) is 14.1. The Labute approximate surface area is 115 Å². The summed E-state index contributed by atoms with van der Waals surface area (Å²) in [5.74, 6) is 1.00. The Morgan fingerprint density at radius 3 is 2.68 bits per heavy atom. The number of furan rings is 1. The molecule has 104 valence electrons. The van der Waals surface area contributed by atoms with E-state index in [0.29, 0.717) is 11.7 Å². The summed E-state index contributed by atoms with van der Waals surface area (Å²) in [6.45, 7) is 6.39. The maximum Gasteiger partial charge on any atom is 0.134 e. The Kier molecular flexibility index (Phi) is 4.65. The lowest BCUT2D eigenvalue weighted by molar-refractivity contribution is 0.0793. The van der Waals surface area contributed by atoms with Crippen molar-refractivity contribution >= 4 is 11.0 Å². The maximum absolute atomic E-state index is 10.5. The van der Waals surface area contributed by atoms with Gasteiger partial charge in [0.15, 0.2) is 0 Å². The maximum atomic E-state index is 10.5. The molecule has 2 aromatic rings. The van der Waals surface area contributed by atoms with E-state index in [2.05, 4.69) is 26.8 Å². The SMILES string of the molecule is CCCCC(CC)C(O)c1cc2cc(C)ccc2o1. The highest BCUT2D eigenvalue weighted by Gasteiger charge is 2.22.